The number of nitrogens with two attached hydrogens (primary N) is 1. The average molecular weight is 379 g/mol. The third-order valence-corrected chi connectivity index (χ3v) is 4.85. The quantitative estimate of drug-likeness (QED) is 0.694. The number of hydrogen-bond donors (Lipinski definition) is 2. The fraction of sp³-hybridized carbons (Fsp3) is 0.556. The van der Waals surface area contributed by atoms with E-state index in [2.05, 4.69) is 4.98 Å². The van der Waals surface area contributed by atoms with Gasteiger partial charge in [-0.05, 0) is 31.7 Å². The van der Waals surface area contributed by atoms with E-state index in [0.29, 0.717) is 49.2 Å². The van der Waals surface area contributed by atoms with Crippen LogP contribution in [0.25, 0.3) is 0 Å². The summed E-state index contributed by atoms with van der Waals surface area (Å²) in [7, 11) is 1.27. The third-order valence-electron chi connectivity index (χ3n) is 4.85. The smallest absolute Gasteiger partial charge is 0.355 e. The molecular formula is C18H25N3O6. The van der Waals surface area contributed by atoms with Crippen LogP contribution in [0.5, 0.6) is 0 Å². The Kier molecular flexibility index (Phi) is 6.59. The Morgan fingerprint density at radius 3 is 2.33 bits per heavy atom. The van der Waals surface area contributed by atoms with Crippen molar-refractivity contribution in [3.63, 3.8) is 0 Å². The van der Waals surface area contributed by atoms with Gasteiger partial charge in [0.25, 0.3) is 5.91 Å². The van der Waals surface area contributed by atoms with Crippen LogP contribution in [0.4, 0.5) is 0 Å². The highest BCUT2D eigenvalue weighted by molar-refractivity contribution is 5.99. The lowest BCUT2D eigenvalue weighted by Crippen LogP contribution is -2.43. The van der Waals surface area contributed by atoms with Crippen LogP contribution in [-0.4, -0.2) is 60.4 Å². The second kappa shape index (κ2) is 8.70. The predicted molar refractivity (Wildman–Crippen MR) is 95.0 cm³/mol. The maximum absolute atomic E-state index is 12.3. The molecule has 1 aliphatic rings. The monoisotopic (exact) mass is 379 g/mol. The number of H-pyrrole nitrogens is 1. The van der Waals surface area contributed by atoms with Gasteiger partial charge in [0.2, 0.25) is 5.91 Å². The Bertz CT molecular complexity index is 747. The van der Waals surface area contributed by atoms with E-state index in [0.717, 1.165) is 0 Å². The van der Waals surface area contributed by atoms with Crippen molar-refractivity contribution < 1.29 is 28.7 Å². The molecule has 148 valence electrons. The van der Waals surface area contributed by atoms with Crippen LogP contribution < -0.4 is 5.73 Å². The summed E-state index contributed by atoms with van der Waals surface area (Å²) in [5.41, 5.74) is 6.72. The SMILES string of the molecule is CCc1[nH]c(C(=O)OCC(=O)N2CCC(C(N)=O)CC2)c(C)c1C(=O)OC. The number of aryl methyl sites for hydroxylation is 1. The molecule has 1 saturated heterocycles. The summed E-state index contributed by atoms with van der Waals surface area (Å²) in [5.74, 6) is -2.16. The van der Waals surface area contributed by atoms with Crippen molar-refractivity contribution in [3.05, 3.63) is 22.5 Å². The van der Waals surface area contributed by atoms with Crippen LogP contribution in [0.3, 0.4) is 0 Å². The number of primary amides is 1. The van der Waals surface area contributed by atoms with Gasteiger partial charge in [0.15, 0.2) is 6.61 Å². The van der Waals surface area contributed by atoms with Gasteiger partial charge in [-0.25, -0.2) is 9.59 Å². The first-order valence-corrected chi connectivity index (χ1v) is 8.84. The summed E-state index contributed by atoms with van der Waals surface area (Å²) in [4.78, 5) is 52.1. The highest BCUT2D eigenvalue weighted by Crippen LogP contribution is 2.21. The van der Waals surface area contributed by atoms with Crippen molar-refractivity contribution in [2.75, 3.05) is 26.8 Å². The van der Waals surface area contributed by atoms with Gasteiger partial charge in [0.1, 0.15) is 5.69 Å². The molecule has 0 bridgehead atoms. The van der Waals surface area contributed by atoms with Crippen molar-refractivity contribution >= 4 is 23.8 Å². The number of amides is 2. The predicted octanol–water partition coefficient (Wildman–Crippen LogP) is 0.553. The van der Waals surface area contributed by atoms with Crippen molar-refractivity contribution in [2.24, 2.45) is 11.7 Å². The number of aromatic nitrogens is 1. The van der Waals surface area contributed by atoms with E-state index in [-0.39, 0.29) is 23.4 Å². The number of methoxy groups -OCH3 is 1. The minimum Gasteiger partial charge on any atom is -0.465 e. The molecule has 0 saturated carbocycles. The van der Waals surface area contributed by atoms with Crippen LogP contribution >= 0.6 is 0 Å². The van der Waals surface area contributed by atoms with Gasteiger partial charge in [-0.15, -0.1) is 0 Å². The lowest BCUT2D eigenvalue weighted by Gasteiger charge is -2.30. The van der Waals surface area contributed by atoms with E-state index in [4.69, 9.17) is 15.2 Å². The molecule has 0 aromatic carbocycles. The topological polar surface area (TPSA) is 132 Å². The van der Waals surface area contributed by atoms with E-state index in [1.807, 2.05) is 6.92 Å². The Hall–Kier alpha value is -2.84. The summed E-state index contributed by atoms with van der Waals surface area (Å²) in [6, 6.07) is 0. The zero-order valence-electron chi connectivity index (χ0n) is 15.8. The highest BCUT2D eigenvalue weighted by Gasteiger charge is 2.28. The van der Waals surface area contributed by atoms with Crippen molar-refractivity contribution in [2.45, 2.75) is 33.1 Å². The lowest BCUT2D eigenvalue weighted by atomic mass is 9.96. The van der Waals surface area contributed by atoms with Crippen LogP contribution in [-0.2, 0) is 25.5 Å². The number of carbonyl (C=O) groups is 4. The molecular weight excluding hydrogens is 354 g/mol. The van der Waals surface area contributed by atoms with E-state index in [1.165, 1.54) is 7.11 Å². The molecule has 2 rings (SSSR count). The maximum atomic E-state index is 12.3. The van der Waals surface area contributed by atoms with Gasteiger partial charge in [0.05, 0.1) is 12.7 Å². The van der Waals surface area contributed by atoms with E-state index in [1.54, 1.807) is 11.8 Å². The zero-order chi connectivity index (χ0) is 20.1. The molecule has 0 radical (unpaired) electrons. The van der Waals surface area contributed by atoms with Crippen LogP contribution in [0.2, 0.25) is 0 Å². The fourth-order valence-corrected chi connectivity index (χ4v) is 3.21. The zero-order valence-corrected chi connectivity index (χ0v) is 15.8. The molecule has 27 heavy (non-hydrogen) atoms. The number of nitrogens with one attached hydrogen (secondary N) is 1. The molecule has 1 aromatic heterocycles. The number of rotatable bonds is 6. The number of carbonyl (C=O) groups excluding carboxylic acids is 4. The van der Waals surface area contributed by atoms with Gasteiger partial charge in [-0.2, -0.15) is 0 Å². The van der Waals surface area contributed by atoms with Crippen molar-refractivity contribution in [1.82, 2.24) is 9.88 Å². The molecule has 1 aliphatic heterocycles. The van der Waals surface area contributed by atoms with Gasteiger partial charge in [-0.1, -0.05) is 6.92 Å². The number of esters is 2. The van der Waals surface area contributed by atoms with E-state index >= 15 is 0 Å². The third kappa shape index (κ3) is 4.47. The van der Waals surface area contributed by atoms with Crippen LogP contribution in [0.15, 0.2) is 0 Å². The lowest BCUT2D eigenvalue weighted by molar-refractivity contribution is -0.137. The first kappa shape index (κ1) is 20.5. The molecule has 9 nitrogen and oxygen atoms in total. The number of piperidine rings is 1. The summed E-state index contributed by atoms with van der Waals surface area (Å²) in [6.07, 6.45) is 1.52. The molecule has 1 aromatic rings. The number of ether oxygens (including phenoxy) is 2. The fourth-order valence-electron chi connectivity index (χ4n) is 3.21. The van der Waals surface area contributed by atoms with E-state index in [9.17, 15) is 19.2 Å². The molecule has 2 amide bonds. The molecule has 2 heterocycles. The molecule has 3 N–H and O–H groups in total. The summed E-state index contributed by atoms with van der Waals surface area (Å²) in [5, 5.41) is 0. The second-order valence-corrected chi connectivity index (χ2v) is 6.46. The minimum absolute atomic E-state index is 0.132. The number of likely N-dealkylation sites (tertiary alicyclic amines) is 1. The highest BCUT2D eigenvalue weighted by atomic mass is 16.5. The van der Waals surface area contributed by atoms with Gasteiger partial charge < -0.3 is 25.1 Å². The average Bonchev–Trinajstić information content (AvgIpc) is 3.01. The Morgan fingerprint density at radius 1 is 1.19 bits per heavy atom. The summed E-state index contributed by atoms with van der Waals surface area (Å²) >= 11 is 0. The molecule has 9 heteroatoms. The maximum Gasteiger partial charge on any atom is 0.355 e. The molecule has 0 aliphatic carbocycles. The van der Waals surface area contributed by atoms with Crippen LogP contribution in [0.1, 0.15) is 51.9 Å². The largest absolute Gasteiger partial charge is 0.465 e. The number of hydrogen-bond acceptors (Lipinski definition) is 6. The first-order valence-electron chi connectivity index (χ1n) is 8.84. The normalized spacial score (nSPS) is 14.7. The first-order chi connectivity index (χ1) is 12.8. The van der Waals surface area contributed by atoms with Gasteiger partial charge in [0, 0.05) is 24.7 Å². The Labute approximate surface area is 157 Å². The van der Waals surface area contributed by atoms with E-state index < -0.39 is 18.5 Å². The summed E-state index contributed by atoms with van der Waals surface area (Å²) in [6.45, 7) is 3.85. The molecule has 0 unspecified atom stereocenters. The number of aromatic amines is 1. The Balaban J connectivity index is 1.98. The molecule has 0 spiro atoms. The molecule has 1 fully saturated rings. The second-order valence-electron chi connectivity index (χ2n) is 6.46. The molecule has 0 atom stereocenters. The Morgan fingerprint density at radius 2 is 1.81 bits per heavy atom. The van der Waals surface area contributed by atoms with Crippen molar-refractivity contribution in [1.29, 1.82) is 0 Å². The van der Waals surface area contributed by atoms with Gasteiger partial charge >= 0.3 is 11.9 Å². The number of nitrogens with zero attached hydrogens (tertiary/aromatic N) is 1. The summed E-state index contributed by atoms with van der Waals surface area (Å²) < 4.78 is 9.87. The van der Waals surface area contributed by atoms with Gasteiger partial charge in [-0.3, -0.25) is 9.59 Å². The standard InChI is InChI=1S/C18H25N3O6/c1-4-12-14(17(24)26-3)10(2)15(20-12)18(25)27-9-13(22)21-7-5-11(6-8-21)16(19)23/h11,20H,4-9H2,1-3H3,(H2,19,23). The van der Waals surface area contributed by atoms with Crippen LogP contribution in [0, 0.1) is 12.8 Å². The minimum atomic E-state index is -0.710. The van der Waals surface area contributed by atoms with Crippen molar-refractivity contribution in [3.8, 4) is 0 Å².